The fraction of sp³-hybridized carbons (Fsp3) is 0.188. The van der Waals surface area contributed by atoms with Crippen molar-refractivity contribution < 1.29 is 9.90 Å². The second-order valence-corrected chi connectivity index (χ2v) is 6.28. The van der Waals surface area contributed by atoms with Crippen molar-refractivity contribution >= 4 is 39.0 Å². The molecular weight excluding hydrogens is 298 g/mol. The fourth-order valence-electron chi connectivity index (χ4n) is 2.29. The lowest BCUT2D eigenvalue weighted by atomic mass is 10.1. The standard InChI is InChI=1S/C16H15N3O2S/c1-9-10(2)22-16-14(9)15(17-8-18-16)19-12-5-3-11(4-6-12)7-13(20)21/h3-6,8H,7H2,1-2H3,(H,20,21)(H,17,18,19). The van der Waals surface area contributed by atoms with Crippen LogP contribution in [0.25, 0.3) is 10.2 Å². The van der Waals surface area contributed by atoms with Crippen molar-refractivity contribution in [3.05, 3.63) is 46.6 Å². The number of thiophene rings is 1. The van der Waals surface area contributed by atoms with Crippen LogP contribution in [0.5, 0.6) is 0 Å². The highest BCUT2D eigenvalue weighted by Gasteiger charge is 2.12. The predicted octanol–water partition coefficient (Wildman–Crippen LogP) is 3.68. The molecule has 5 nitrogen and oxygen atoms in total. The summed E-state index contributed by atoms with van der Waals surface area (Å²) in [5, 5.41) is 13.1. The number of aliphatic carboxylic acids is 1. The van der Waals surface area contributed by atoms with Gasteiger partial charge in [-0.1, -0.05) is 12.1 Å². The van der Waals surface area contributed by atoms with Crippen LogP contribution in [-0.2, 0) is 11.2 Å². The molecule has 2 N–H and O–H groups in total. The van der Waals surface area contributed by atoms with E-state index >= 15 is 0 Å². The molecule has 2 aromatic heterocycles. The summed E-state index contributed by atoms with van der Waals surface area (Å²) >= 11 is 1.66. The molecule has 0 radical (unpaired) electrons. The molecule has 3 rings (SSSR count). The summed E-state index contributed by atoms with van der Waals surface area (Å²) in [5.41, 5.74) is 2.83. The zero-order valence-electron chi connectivity index (χ0n) is 12.3. The van der Waals surface area contributed by atoms with E-state index in [0.717, 1.165) is 27.3 Å². The third-order valence-corrected chi connectivity index (χ3v) is 4.65. The Morgan fingerprint density at radius 2 is 1.95 bits per heavy atom. The zero-order chi connectivity index (χ0) is 15.7. The van der Waals surface area contributed by atoms with Crippen LogP contribution in [-0.4, -0.2) is 21.0 Å². The summed E-state index contributed by atoms with van der Waals surface area (Å²) in [5.74, 6) is -0.0552. The highest BCUT2D eigenvalue weighted by Crippen LogP contribution is 2.33. The number of carboxylic acids is 1. The van der Waals surface area contributed by atoms with Gasteiger partial charge >= 0.3 is 5.97 Å². The highest BCUT2D eigenvalue weighted by atomic mass is 32.1. The maximum atomic E-state index is 10.7. The quantitative estimate of drug-likeness (QED) is 0.768. The molecular formula is C16H15N3O2S. The first-order chi connectivity index (χ1) is 10.5. The third-order valence-electron chi connectivity index (χ3n) is 3.54. The maximum absolute atomic E-state index is 10.7. The van der Waals surface area contributed by atoms with Crippen LogP contribution in [0.3, 0.4) is 0 Å². The fourth-order valence-corrected chi connectivity index (χ4v) is 3.29. The van der Waals surface area contributed by atoms with E-state index in [2.05, 4.69) is 29.1 Å². The van der Waals surface area contributed by atoms with Crippen LogP contribution in [0.2, 0.25) is 0 Å². The summed E-state index contributed by atoms with van der Waals surface area (Å²) in [4.78, 5) is 21.6. The molecule has 0 bridgehead atoms. The van der Waals surface area contributed by atoms with E-state index in [1.807, 2.05) is 12.1 Å². The SMILES string of the molecule is Cc1sc2ncnc(Nc3ccc(CC(=O)O)cc3)c2c1C. The smallest absolute Gasteiger partial charge is 0.307 e. The lowest BCUT2D eigenvalue weighted by molar-refractivity contribution is -0.136. The van der Waals surface area contributed by atoms with Crippen LogP contribution in [0.1, 0.15) is 16.0 Å². The Morgan fingerprint density at radius 1 is 1.23 bits per heavy atom. The molecule has 0 saturated carbocycles. The van der Waals surface area contributed by atoms with Gasteiger partial charge in [-0.3, -0.25) is 4.79 Å². The molecule has 0 atom stereocenters. The van der Waals surface area contributed by atoms with E-state index in [1.54, 1.807) is 29.8 Å². The van der Waals surface area contributed by atoms with Gasteiger partial charge in [0.15, 0.2) is 0 Å². The summed E-state index contributed by atoms with van der Waals surface area (Å²) in [6.07, 6.45) is 1.58. The number of carboxylic acid groups (broad SMARTS) is 1. The number of hydrogen-bond acceptors (Lipinski definition) is 5. The Morgan fingerprint density at radius 3 is 2.64 bits per heavy atom. The Labute approximate surface area is 131 Å². The number of aromatic nitrogens is 2. The number of aryl methyl sites for hydroxylation is 2. The van der Waals surface area contributed by atoms with Gasteiger partial charge < -0.3 is 10.4 Å². The molecule has 0 aliphatic carbocycles. The van der Waals surface area contributed by atoms with Crippen molar-refractivity contribution in [1.82, 2.24) is 9.97 Å². The summed E-state index contributed by atoms with van der Waals surface area (Å²) in [6, 6.07) is 7.34. The topological polar surface area (TPSA) is 75.1 Å². The van der Waals surface area contributed by atoms with Gasteiger partial charge in [0.1, 0.15) is 17.0 Å². The number of fused-ring (bicyclic) bond motifs is 1. The average molecular weight is 313 g/mol. The minimum atomic E-state index is -0.831. The summed E-state index contributed by atoms with van der Waals surface area (Å²) in [7, 11) is 0. The number of hydrogen-bond donors (Lipinski definition) is 2. The molecule has 2 heterocycles. The third kappa shape index (κ3) is 2.78. The largest absolute Gasteiger partial charge is 0.481 e. The second-order valence-electron chi connectivity index (χ2n) is 5.08. The number of anilines is 2. The molecule has 0 aliphatic rings. The Bertz CT molecular complexity index is 840. The molecule has 0 fully saturated rings. The minimum Gasteiger partial charge on any atom is -0.481 e. The van der Waals surface area contributed by atoms with Gasteiger partial charge in [-0.2, -0.15) is 0 Å². The van der Waals surface area contributed by atoms with Crippen LogP contribution in [0.15, 0.2) is 30.6 Å². The van der Waals surface area contributed by atoms with Crippen LogP contribution in [0, 0.1) is 13.8 Å². The number of carbonyl (C=O) groups is 1. The van der Waals surface area contributed by atoms with Crippen molar-refractivity contribution in [3.63, 3.8) is 0 Å². The van der Waals surface area contributed by atoms with E-state index in [-0.39, 0.29) is 6.42 Å². The molecule has 1 aromatic carbocycles. The first-order valence-electron chi connectivity index (χ1n) is 6.83. The number of nitrogens with one attached hydrogen (secondary N) is 1. The lowest BCUT2D eigenvalue weighted by Crippen LogP contribution is -2.00. The number of benzene rings is 1. The lowest BCUT2D eigenvalue weighted by Gasteiger charge is -2.08. The average Bonchev–Trinajstić information content (AvgIpc) is 2.77. The van der Waals surface area contributed by atoms with Gasteiger partial charge in [0.25, 0.3) is 0 Å². The van der Waals surface area contributed by atoms with Gasteiger partial charge in [0.05, 0.1) is 11.8 Å². The molecule has 0 aliphatic heterocycles. The predicted molar refractivity (Wildman–Crippen MR) is 88.0 cm³/mol. The van der Waals surface area contributed by atoms with Crippen molar-refractivity contribution in [2.45, 2.75) is 20.3 Å². The van der Waals surface area contributed by atoms with Crippen molar-refractivity contribution in [2.24, 2.45) is 0 Å². The highest BCUT2D eigenvalue weighted by molar-refractivity contribution is 7.18. The molecule has 6 heteroatoms. The Hall–Kier alpha value is -2.47. The van der Waals surface area contributed by atoms with E-state index in [9.17, 15) is 4.79 Å². The zero-order valence-corrected chi connectivity index (χ0v) is 13.1. The van der Waals surface area contributed by atoms with E-state index < -0.39 is 5.97 Å². The Balaban J connectivity index is 1.91. The summed E-state index contributed by atoms with van der Waals surface area (Å²) < 4.78 is 0. The monoisotopic (exact) mass is 313 g/mol. The molecule has 0 saturated heterocycles. The van der Waals surface area contributed by atoms with Gasteiger partial charge in [-0.15, -0.1) is 11.3 Å². The number of nitrogens with zero attached hydrogens (tertiary/aromatic N) is 2. The first kappa shape index (κ1) is 14.5. The summed E-state index contributed by atoms with van der Waals surface area (Å²) in [6.45, 7) is 4.14. The van der Waals surface area contributed by atoms with Gasteiger partial charge in [-0.25, -0.2) is 9.97 Å². The first-order valence-corrected chi connectivity index (χ1v) is 7.64. The maximum Gasteiger partial charge on any atom is 0.307 e. The van der Waals surface area contributed by atoms with Crippen molar-refractivity contribution in [2.75, 3.05) is 5.32 Å². The Kier molecular flexibility index (Phi) is 3.77. The van der Waals surface area contributed by atoms with Gasteiger partial charge in [0, 0.05) is 10.6 Å². The van der Waals surface area contributed by atoms with E-state index in [4.69, 9.17) is 5.11 Å². The molecule has 22 heavy (non-hydrogen) atoms. The van der Waals surface area contributed by atoms with E-state index in [0.29, 0.717) is 0 Å². The minimum absolute atomic E-state index is 0.0286. The van der Waals surface area contributed by atoms with Gasteiger partial charge in [-0.05, 0) is 37.1 Å². The van der Waals surface area contributed by atoms with Crippen LogP contribution < -0.4 is 5.32 Å². The molecule has 0 amide bonds. The molecule has 112 valence electrons. The van der Waals surface area contributed by atoms with Crippen molar-refractivity contribution in [1.29, 1.82) is 0 Å². The molecule has 3 aromatic rings. The van der Waals surface area contributed by atoms with Gasteiger partial charge in [0.2, 0.25) is 0 Å². The molecule has 0 unspecified atom stereocenters. The second kappa shape index (κ2) is 5.73. The van der Waals surface area contributed by atoms with E-state index in [1.165, 1.54) is 10.4 Å². The number of rotatable bonds is 4. The van der Waals surface area contributed by atoms with Crippen molar-refractivity contribution in [3.8, 4) is 0 Å². The van der Waals surface area contributed by atoms with Crippen LogP contribution >= 0.6 is 11.3 Å². The van der Waals surface area contributed by atoms with Crippen LogP contribution in [0.4, 0.5) is 11.5 Å². The normalized spacial score (nSPS) is 10.8. The molecule has 0 spiro atoms.